The van der Waals surface area contributed by atoms with Crippen molar-refractivity contribution in [1.82, 2.24) is 24.5 Å². The lowest BCUT2D eigenvalue weighted by atomic mass is 10.1. The van der Waals surface area contributed by atoms with E-state index in [-0.39, 0.29) is 11.8 Å². The molecule has 1 saturated carbocycles. The molecule has 1 aromatic carbocycles. The number of benzene rings is 1. The Balaban J connectivity index is 1.46. The number of carbonyl (C=O) groups is 1. The van der Waals surface area contributed by atoms with Gasteiger partial charge in [0.2, 0.25) is 5.91 Å². The molecule has 0 radical (unpaired) electrons. The highest BCUT2D eigenvalue weighted by molar-refractivity contribution is 5.79. The van der Waals surface area contributed by atoms with Crippen LogP contribution in [0.15, 0.2) is 61.2 Å². The van der Waals surface area contributed by atoms with Crippen molar-refractivity contribution in [2.75, 3.05) is 0 Å². The summed E-state index contributed by atoms with van der Waals surface area (Å²) >= 11 is 0. The molecule has 0 saturated heterocycles. The predicted molar refractivity (Wildman–Crippen MR) is 98.5 cm³/mol. The van der Waals surface area contributed by atoms with Gasteiger partial charge in [-0.15, -0.1) is 0 Å². The molecule has 1 amide bonds. The maximum atomic E-state index is 13.0. The molecule has 1 atom stereocenters. The van der Waals surface area contributed by atoms with Crippen molar-refractivity contribution in [2.45, 2.75) is 38.9 Å². The van der Waals surface area contributed by atoms with Crippen molar-refractivity contribution in [2.24, 2.45) is 5.92 Å². The van der Waals surface area contributed by atoms with Gasteiger partial charge in [-0.3, -0.25) is 9.48 Å². The Bertz CT molecular complexity index is 851. The number of hydrogen-bond acceptors (Lipinski definition) is 3. The van der Waals surface area contributed by atoms with Crippen LogP contribution in [0, 0.1) is 5.92 Å². The summed E-state index contributed by atoms with van der Waals surface area (Å²) in [6.07, 6.45) is 9.69. The first-order valence-electron chi connectivity index (χ1n) is 9.07. The van der Waals surface area contributed by atoms with Gasteiger partial charge in [-0.25, -0.2) is 4.68 Å². The molecule has 134 valence electrons. The van der Waals surface area contributed by atoms with Gasteiger partial charge in [0.1, 0.15) is 0 Å². The van der Waals surface area contributed by atoms with E-state index in [0.29, 0.717) is 19.1 Å². The molecule has 2 heterocycles. The summed E-state index contributed by atoms with van der Waals surface area (Å²) in [5.41, 5.74) is 2.08. The first-order chi connectivity index (χ1) is 12.7. The second kappa shape index (κ2) is 7.15. The lowest BCUT2D eigenvalue weighted by Gasteiger charge is -2.25. The molecule has 0 aliphatic heterocycles. The zero-order chi connectivity index (χ0) is 17.9. The molecule has 0 spiro atoms. The first-order valence-corrected chi connectivity index (χ1v) is 9.07. The van der Waals surface area contributed by atoms with Crippen LogP contribution in [0.1, 0.15) is 25.3 Å². The molecule has 6 nitrogen and oxygen atoms in total. The fraction of sp³-hybridized carbons (Fsp3) is 0.350. The van der Waals surface area contributed by atoms with E-state index in [1.807, 2.05) is 76.2 Å². The largest absolute Gasteiger partial charge is 0.335 e. The molecule has 3 aromatic rings. The van der Waals surface area contributed by atoms with E-state index >= 15 is 0 Å². The van der Waals surface area contributed by atoms with Crippen LogP contribution in [0.3, 0.4) is 0 Å². The average molecular weight is 349 g/mol. The van der Waals surface area contributed by atoms with Gasteiger partial charge in [-0.1, -0.05) is 25.1 Å². The van der Waals surface area contributed by atoms with Crippen molar-refractivity contribution in [3.05, 3.63) is 66.7 Å². The Morgan fingerprint density at radius 3 is 2.73 bits per heavy atom. The van der Waals surface area contributed by atoms with Crippen LogP contribution in [0.2, 0.25) is 0 Å². The Kier molecular flexibility index (Phi) is 4.56. The molecular weight excluding hydrogens is 326 g/mol. The number of aromatic nitrogens is 4. The van der Waals surface area contributed by atoms with Crippen LogP contribution >= 0.6 is 0 Å². The molecule has 1 fully saturated rings. The molecular formula is C20H23N5O. The summed E-state index contributed by atoms with van der Waals surface area (Å²) in [5.74, 6) is 0.0927. The van der Waals surface area contributed by atoms with E-state index in [1.54, 1.807) is 6.20 Å². The third kappa shape index (κ3) is 3.69. The summed E-state index contributed by atoms with van der Waals surface area (Å²) in [5, 5.41) is 8.66. The topological polar surface area (TPSA) is 56.0 Å². The van der Waals surface area contributed by atoms with E-state index in [0.717, 1.165) is 24.1 Å². The maximum absolute atomic E-state index is 13.0. The minimum atomic E-state index is -0.0975. The van der Waals surface area contributed by atoms with Crippen LogP contribution in [0.5, 0.6) is 0 Å². The Hall–Kier alpha value is -2.89. The lowest BCUT2D eigenvalue weighted by Crippen LogP contribution is -2.37. The summed E-state index contributed by atoms with van der Waals surface area (Å²) in [7, 11) is 0. The Morgan fingerprint density at radius 2 is 2.04 bits per heavy atom. The minimum Gasteiger partial charge on any atom is -0.335 e. The van der Waals surface area contributed by atoms with Crippen LogP contribution in [0.4, 0.5) is 0 Å². The third-order valence-electron chi connectivity index (χ3n) is 4.72. The maximum Gasteiger partial charge on any atom is 0.227 e. The fourth-order valence-corrected chi connectivity index (χ4v) is 3.18. The molecule has 1 aliphatic rings. The highest BCUT2D eigenvalue weighted by Crippen LogP contribution is 2.30. The quantitative estimate of drug-likeness (QED) is 0.659. The number of carbonyl (C=O) groups excluding carboxylic acids is 1. The van der Waals surface area contributed by atoms with Gasteiger partial charge in [-0.05, 0) is 31.0 Å². The summed E-state index contributed by atoms with van der Waals surface area (Å²) in [4.78, 5) is 15.0. The second-order valence-electron chi connectivity index (χ2n) is 6.96. The molecule has 1 aliphatic carbocycles. The summed E-state index contributed by atoms with van der Waals surface area (Å²) in [6, 6.07) is 12.3. The molecule has 4 rings (SSSR count). The number of para-hydroxylation sites is 1. The van der Waals surface area contributed by atoms with Gasteiger partial charge in [0, 0.05) is 36.7 Å². The van der Waals surface area contributed by atoms with Gasteiger partial charge in [0.25, 0.3) is 0 Å². The molecule has 0 N–H and O–H groups in total. The SMILES string of the molecule is CC(Cn1cccn1)C(=O)N(Cc1cnn(-c2ccccc2)c1)C1CC1. The number of amides is 1. The summed E-state index contributed by atoms with van der Waals surface area (Å²) in [6.45, 7) is 3.20. The van der Waals surface area contributed by atoms with Crippen molar-refractivity contribution < 1.29 is 4.79 Å². The van der Waals surface area contributed by atoms with Crippen molar-refractivity contribution in [3.63, 3.8) is 0 Å². The fourth-order valence-electron chi connectivity index (χ4n) is 3.18. The molecule has 1 unspecified atom stereocenters. The Morgan fingerprint density at radius 1 is 1.23 bits per heavy atom. The van der Waals surface area contributed by atoms with Gasteiger partial charge in [-0.2, -0.15) is 10.2 Å². The second-order valence-corrected chi connectivity index (χ2v) is 6.96. The van der Waals surface area contributed by atoms with Crippen molar-refractivity contribution in [3.8, 4) is 5.69 Å². The van der Waals surface area contributed by atoms with Crippen molar-refractivity contribution in [1.29, 1.82) is 0 Å². The van der Waals surface area contributed by atoms with E-state index in [1.165, 1.54) is 0 Å². The number of hydrogen-bond donors (Lipinski definition) is 0. The first kappa shape index (κ1) is 16.6. The van der Waals surface area contributed by atoms with Gasteiger partial charge >= 0.3 is 0 Å². The molecule has 26 heavy (non-hydrogen) atoms. The zero-order valence-electron chi connectivity index (χ0n) is 14.9. The van der Waals surface area contributed by atoms with Gasteiger partial charge in [0.15, 0.2) is 0 Å². The van der Waals surface area contributed by atoms with E-state index in [9.17, 15) is 4.79 Å². The number of rotatable bonds is 7. The van der Waals surface area contributed by atoms with E-state index in [4.69, 9.17) is 0 Å². The van der Waals surface area contributed by atoms with E-state index in [2.05, 4.69) is 10.2 Å². The standard InChI is InChI=1S/C20H23N5O/c1-16(13-23-11-5-10-21-23)20(26)24(18-8-9-18)14-17-12-22-25(15-17)19-6-3-2-4-7-19/h2-7,10-12,15-16,18H,8-9,13-14H2,1H3. The van der Waals surface area contributed by atoms with Crippen LogP contribution in [-0.4, -0.2) is 36.4 Å². The lowest BCUT2D eigenvalue weighted by molar-refractivity contribution is -0.136. The van der Waals surface area contributed by atoms with Gasteiger partial charge in [0.05, 0.1) is 24.3 Å². The van der Waals surface area contributed by atoms with Crippen LogP contribution in [-0.2, 0) is 17.9 Å². The van der Waals surface area contributed by atoms with Crippen LogP contribution in [0.25, 0.3) is 5.69 Å². The highest BCUT2D eigenvalue weighted by Gasteiger charge is 2.34. The zero-order valence-corrected chi connectivity index (χ0v) is 14.9. The van der Waals surface area contributed by atoms with Crippen LogP contribution < -0.4 is 0 Å². The smallest absolute Gasteiger partial charge is 0.227 e. The molecule has 0 bridgehead atoms. The highest BCUT2D eigenvalue weighted by atomic mass is 16.2. The predicted octanol–water partition coefficient (Wildman–Crippen LogP) is 2.90. The average Bonchev–Trinajstić information content (AvgIpc) is 3.17. The van der Waals surface area contributed by atoms with Crippen molar-refractivity contribution >= 4 is 5.91 Å². The van der Waals surface area contributed by atoms with E-state index < -0.39 is 0 Å². The summed E-state index contributed by atoms with van der Waals surface area (Å²) < 4.78 is 3.68. The molecule has 6 heteroatoms. The van der Waals surface area contributed by atoms with Gasteiger partial charge < -0.3 is 4.90 Å². The monoisotopic (exact) mass is 349 g/mol. The normalized spacial score (nSPS) is 15.0. The minimum absolute atomic E-state index is 0.0975. The third-order valence-corrected chi connectivity index (χ3v) is 4.72. The Labute approximate surface area is 153 Å². The number of nitrogens with zero attached hydrogens (tertiary/aromatic N) is 5. The molecule has 2 aromatic heterocycles.